The number of benzene rings is 1. The molecule has 2 unspecified atom stereocenters. The van der Waals surface area contributed by atoms with Gasteiger partial charge in [0, 0.05) is 0 Å². The van der Waals surface area contributed by atoms with Gasteiger partial charge in [0.05, 0.1) is 24.1 Å². The molecule has 0 heterocycles. The van der Waals surface area contributed by atoms with E-state index in [1.54, 1.807) is 13.0 Å². The Morgan fingerprint density at radius 1 is 1.59 bits per heavy atom. The molecule has 0 aliphatic heterocycles. The van der Waals surface area contributed by atoms with Crippen molar-refractivity contribution in [2.75, 3.05) is 7.11 Å². The standard InChI is InChI=1S/C12H14BrFO3/c1-7(5-11(15)17-2)12(16)8-3-4-9(13)10(14)6-8/h3-4,6-7,12,16H,5H2,1-2H3. The summed E-state index contributed by atoms with van der Waals surface area (Å²) in [6.07, 6.45) is -0.799. The molecule has 0 aliphatic carbocycles. The second kappa shape index (κ2) is 6.12. The first kappa shape index (κ1) is 14.1. The smallest absolute Gasteiger partial charge is 0.305 e. The van der Waals surface area contributed by atoms with Gasteiger partial charge in [0.25, 0.3) is 0 Å². The molecule has 0 aliphatic rings. The highest BCUT2D eigenvalue weighted by Gasteiger charge is 2.20. The van der Waals surface area contributed by atoms with Gasteiger partial charge < -0.3 is 9.84 Å². The lowest BCUT2D eigenvalue weighted by molar-refractivity contribution is -0.142. The first-order chi connectivity index (χ1) is 7.95. The maximum Gasteiger partial charge on any atom is 0.305 e. The van der Waals surface area contributed by atoms with E-state index in [1.165, 1.54) is 19.2 Å². The molecule has 94 valence electrons. The van der Waals surface area contributed by atoms with Gasteiger partial charge in [0.2, 0.25) is 0 Å². The second-order valence-corrected chi connectivity index (χ2v) is 4.73. The van der Waals surface area contributed by atoms with E-state index in [0.717, 1.165) is 0 Å². The van der Waals surface area contributed by atoms with Crippen molar-refractivity contribution in [1.29, 1.82) is 0 Å². The minimum Gasteiger partial charge on any atom is -0.469 e. The number of methoxy groups -OCH3 is 1. The summed E-state index contributed by atoms with van der Waals surface area (Å²) in [5, 5.41) is 9.96. The largest absolute Gasteiger partial charge is 0.469 e. The van der Waals surface area contributed by atoms with E-state index in [0.29, 0.717) is 10.0 Å². The zero-order chi connectivity index (χ0) is 13.0. The van der Waals surface area contributed by atoms with Crippen LogP contribution in [0.5, 0.6) is 0 Å². The Kier molecular flexibility index (Phi) is 5.08. The number of carbonyl (C=O) groups excluding carboxylic acids is 1. The van der Waals surface area contributed by atoms with Crippen LogP contribution in [0.1, 0.15) is 25.0 Å². The molecule has 17 heavy (non-hydrogen) atoms. The molecule has 0 radical (unpaired) electrons. The Hall–Kier alpha value is -0.940. The Bertz CT molecular complexity index is 409. The van der Waals surface area contributed by atoms with Crippen molar-refractivity contribution in [3.05, 3.63) is 34.1 Å². The fourth-order valence-electron chi connectivity index (χ4n) is 1.48. The van der Waals surface area contributed by atoms with E-state index in [4.69, 9.17) is 0 Å². The van der Waals surface area contributed by atoms with Crippen LogP contribution in [0.15, 0.2) is 22.7 Å². The molecule has 0 spiro atoms. The molecule has 0 saturated carbocycles. The summed E-state index contributed by atoms with van der Waals surface area (Å²) >= 11 is 3.04. The van der Waals surface area contributed by atoms with Gasteiger partial charge in [-0.1, -0.05) is 13.0 Å². The van der Waals surface area contributed by atoms with Crippen molar-refractivity contribution < 1.29 is 19.0 Å². The van der Waals surface area contributed by atoms with Crippen LogP contribution in [-0.4, -0.2) is 18.2 Å². The third-order valence-corrected chi connectivity index (χ3v) is 3.18. The van der Waals surface area contributed by atoms with Gasteiger partial charge in [-0.05, 0) is 39.5 Å². The lowest BCUT2D eigenvalue weighted by Gasteiger charge is -2.18. The quantitative estimate of drug-likeness (QED) is 0.870. The van der Waals surface area contributed by atoms with Crippen LogP contribution >= 0.6 is 15.9 Å². The number of rotatable bonds is 4. The van der Waals surface area contributed by atoms with Gasteiger partial charge >= 0.3 is 5.97 Å². The lowest BCUT2D eigenvalue weighted by Crippen LogP contribution is -2.15. The van der Waals surface area contributed by atoms with Crippen LogP contribution in [0.4, 0.5) is 4.39 Å². The molecule has 0 aromatic heterocycles. The van der Waals surface area contributed by atoms with E-state index in [1.807, 2.05) is 0 Å². The van der Waals surface area contributed by atoms with E-state index in [-0.39, 0.29) is 12.3 Å². The number of esters is 1. The molecule has 1 rings (SSSR count). The summed E-state index contributed by atoms with van der Waals surface area (Å²) in [5.41, 5.74) is 0.446. The molecule has 1 aromatic rings. The second-order valence-electron chi connectivity index (χ2n) is 3.88. The average Bonchev–Trinajstić information content (AvgIpc) is 2.31. The van der Waals surface area contributed by atoms with Crippen LogP contribution in [0, 0.1) is 11.7 Å². The average molecular weight is 305 g/mol. The maximum atomic E-state index is 13.3. The van der Waals surface area contributed by atoms with Crippen molar-refractivity contribution in [1.82, 2.24) is 0 Å². The molecular formula is C12H14BrFO3. The molecule has 3 nitrogen and oxygen atoms in total. The van der Waals surface area contributed by atoms with Crippen molar-refractivity contribution in [2.24, 2.45) is 5.92 Å². The van der Waals surface area contributed by atoms with E-state index in [2.05, 4.69) is 20.7 Å². The molecule has 0 amide bonds. The van der Waals surface area contributed by atoms with Gasteiger partial charge in [-0.15, -0.1) is 0 Å². The molecule has 2 atom stereocenters. The van der Waals surface area contributed by atoms with Gasteiger partial charge in [-0.3, -0.25) is 4.79 Å². The number of aliphatic hydroxyl groups is 1. The predicted octanol–water partition coefficient (Wildman–Crippen LogP) is 2.82. The maximum absolute atomic E-state index is 13.3. The third-order valence-electron chi connectivity index (χ3n) is 2.54. The van der Waals surface area contributed by atoms with Crippen LogP contribution in [0.25, 0.3) is 0 Å². The summed E-state index contributed by atoms with van der Waals surface area (Å²) in [7, 11) is 1.29. The van der Waals surface area contributed by atoms with Crippen LogP contribution < -0.4 is 0 Å². The summed E-state index contributed by atoms with van der Waals surface area (Å²) in [6.45, 7) is 1.71. The number of aliphatic hydroxyl groups excluding tert-OH is 1. The minimum atomic E-state index is -0.892. The van der Waals surface area contributed by atoms with Crippen molar-refractivity contribution >= 4 is 21.9 Å². The third kappa shape index (κ3) is 3.78. The van der Waals surface area contributed by atoms with E-state index < -0.39 is 17.9 Å². The fourth-order valence-corrected chi connectivity index (χ4v) is 1.73. The molecule has 0 saturated heterocycles. The topological polar surface area (TPSA) is 46.5 Å². The van der Waals surface area contributed by atoms with Gasteiger partial charge in [-0.25, -0.2) is 4.39 Å². The predicted molar refractivity (Wildman–Crippen MR) is 64.9 cm³/mol. The highest BCUT2D eigenvalue weighted by Crippen LogP contribution is 2.27. The molecule has 1 aromatic carbocycles. The van der Waals surface area contributed by atoms with Crippen LogP contribution in [0.2, 0.25) is 0 Å². The van der Waals surface area contributed by atoms with E-state index >= 15 is 0 Å². The monoisotopic (exact) mass is 304 g/mol. The highest BCUT2D eigenvalue weighted by molar-refractivity contribution is 9.10. The first-order valence-corrected chi connectivity index (χ1v) is 5.94. The molecular weight excluding hydrogens is 291 g/mol. The van der Waals surface area contributed by atoms with Crippen LogP contribution in [-0.2, 0) is 9.53 Å². The van der Waals surface area contributed by atoms with Crippen molar-refractivity contribution in [3.63, 3.8) is 0 Å². The normalized spacial score (nSPS) is 14.2. The van der Waals surface area contributed by atoms with Gasteiger partial charge in [-0.2, -0.15) is 0 Å². The summed E-state index contributed by atoms with van der Waals surface area (Å²) in [6, 6.07) is 4.40. The number of halogens is 2. The molecule has 5 heteroatoms. The Morgan fingerprint density at radius 2 is 2.24 bits per heavy atom. The number of carbonyl (C=O) groups is 1. The fraction of sp³-hybridized carbons (Fsp3) is 0.417. The SMILES string of the molecule is COC(=O)CC(C)C(O)c1ccc(Br)c(F)c1. The Labute approximate surface area is 108 Å². The first-order valence-electron chi connectivity index (χ1n) is 5.15. The van der Waals surface area contributed by atoms with Gasteiger partial charge in [0.1, 0.15) is 5.82 Å². The van der Waals surface area contributed by atoms with Gasteiger partial charge in [0.15, 0.2) is 0 Å². The lowest BCUT2D eigenvalue weighted by atomic mass is 9.94. The molecule has 1 N–H and O–H groups in total. The number of hydrogen-bond donors (Lipinski definition) is 1. The summed E-state index contributed by atoms with van der Waals surface area (Å²) in [5.74, 6) is -1.16. The minimum absolute atomic E-state index is 0.0926. The molecule has 0 bridgehead atoms. The van der Waals surface area contributed by atoms with E-state index in [9.17, 15) is 14.3 Å². The zero-order valence-corrected chi connectivity index (χ0v) is 11.2. The summed E-state index contributed by atoms with van der Waals surface area (Å²) in [4.78, 5) is 11.1. The Morgan fingerprint density at radius 3 is 2.76 bits per heavy atom. The highest BCUT2D eigenvalue weighted by atomic mass is 79.9. The van der Waals surface area contributed by atoms with Crippen LogP contribution in [0.3, 0.4) is 0 Å². The molecule has 0 fully saturated rings. The summed E-state index contributed by atoms with van der Waals surface area (Å²) < 4.78 is 18.1. The zero-order valence-electron chi connectivity index (χ0n) is 9.61. The van der Waals surface area contributed by atoms with Crippen molar-refractivity contribution in [3.8, 4) is 0 Å². The Balaban J connectivity index is 2.77. The number of ether oxygens (including phenoxy) is 1. The van der Waals surface area contributed by atoms with Crippen molar-refractivity contribution in [2.45, 2.75) is 19.4 Å². The number of hydrogen-bond acceptors (Lipinski definition) is 3.